The van der Waals surface area contributed by atoms with E-state index in [1.807, 2.05) is 12.1 Å². The van der Waals surface area contributed by atoms with Gasteiger partial charge in [0.25, 0.3) is 0 Å². The number of anilines is 1. The first-order chi connectivity index (χ1) is 13.3. The van der Waals surface area contributed by atoms with Gasteiger partial charge in [-0.05, 0) is 86.9 Å². The van der Waals surface area contributed by atoms with E-state index in [2.05, 4.69) is 35.0 Å². The fourth-order valence-corrected chi connectivity index (χ4v) is 4.47. The van der Waals surface area contributed by atoms with Gasteiger partial charge in [0, 0.05) is 26.2 Å². The van der Waals surface area contributed by atoms with Gasteiger partial charge in [0.2, 0.25) is 0 Å². The van der Waals surface area contributed by atoms with Gasteiger partial charge < -0.3 is 19.0 Å². The molecule has 0 N–H and O–H groups in total. The number of rotatable bonds is 8. The van der Waals surface area contributed by atoms with Crippen molar-refractivity contribution in [1.29, 1.82) is 0 Å². The summed E-state index contributed by atoms with van der Waals surface area (Å²) < 4.78 is 11.4. The van der Waals surface area contributed by atoms with Crippen molar-refractivity contribution in [2.24, 2.45) is 5.92 Å². The third-order valence-electron chi connectivity index (χ3n) is 6.01. The summed E-state index contributed by atoms with van der Waals surface area (Å²) in [6, 6.07) is 10.6. The van der Waals surface area contributed by atoms with Crippen LogP contribution in [0.25, 0.3) is 0 Å². The van der Waals surface area contributed by atoms with Crippen molar-refractivity contribution >= 4 is 5.88 Å². The molecule has 0 bridgehead atoms. The topological polar surface area (TPSA) is 28.9 Å². The van der Waals surface area contributed by atoms with Gasteiger partial charge >= 0.3 is 0 Å². The van der Waals surface area contributed by atoms with Crippen LogP contribution in [0.5, 0.6) is 5.75 Å². The summed E-state index contributed by atoms with van der Waals surface area (Å²) in [4.78, 5) is 4.78. The maximum Gasteiger partial charge on any atom is 0.194 e. The molecule has 146 valence electrons. The lowest BCUT2D eigenvalue weighted by molar-refractivity contribution is 0.261. The number of ether oxygens (including phenoxy) is 1. The van der Waals surface area contributed by atoms with Crippen LogP contribution in [0, 0.1) is 5.92 Å². The molecule has 4 rings (SSSR count). The molecule has 0 saturated carbocycles. The Hall–Kier alpha value is -1.94. The molecule has 27 heavy (non-hydrogen) atoms. The molecule has 2 aliphatic rings. The fraction of sp³-hybridized carbons (Fsp3) is 0.565. The standard InChI is InChI=1S/C23H32N2O2/c1-24(23-6-4-14-27-23)11-5-15-26-22-10-9-20-16-19(7-8-21(20)17-22)18-25-12-2-3-13-25/h4,6,9-10,14,17,19H,2-3,5,7-8,11-13,15-16,18H2,1H3. The zero-order valence-corrected chi connectivity index (χ0v) is 16.5. The van der Waals surface area contributed by atoms with E-state index in [4.69, 9.17) is 9.15 Å². The van der Waals surface area contributed by atoms with Crippen LogP contribution in [0.15, 0.2) is 41.0 Å². The Morgan fingerprint density at radius 2 is 2.07 bits per heavy atom. The summed E-state index contributed by atoms with van der Waals surface area (Å²) >= 11 is 0. The van der Waals surface area contributed by atoms with Crippen molar-refractivity contribution in [1.82, 2.24) is 4.90 Å². The van der Waals surface area contributed by atoms with Gasteiger partial charge in [0.05, 0.1) is 12.9 Å². The maximum atomic E-state index is 6.01. The molecule has 2 heterocycles. The zero-order chi connectivity index (χ0) is 18.5. The van der Waals surface area contributed by atoms with Crippen molar-refractivity contribution in [2.75, 3.05) is 44.7 Å². The Morgan fingerprint density at radius 1 is 1.19 bits per heavy atom. The van der Waals surface area contributed by atoms with Gasteiger partial charge in [0.1, 0.15) is 5.75 Å². The first-order valence-electron chi connectivity index (χ1n) is 10.5. The zero-order valence-electron chi connectivity index (χ0n) is 16.5. The number of furan rings is 1. The molecule has 1 saturated heterocycles. The van der Waals surface area contributed by atoms with Crippen molar-refractivity contribution in [3.05, 3.63) is 47.7 Å². The van der Waals surface area contributed by atoms with Crippen LogP contribution in [0.4, 0.5) is 5.88 Å². The first kappa shape index (κ1) is 18.4. The number of likely N-dealkylation sites (tertiary alicyclic amines) is 1. The van der Waals surface area contributed by atoms with Crippen molar-refractivity contribution in [3.63, 3.8) is 0 Å². The Balaban J connectivity index is 1.22. The number of aryl methyl sites for hydroxylation is 1. The monoisotopic (exact) mass is 368 g/mol. The van der Waals surface area contributed by atoms with E-state index >= 15 is 0 Å². The lowest BCUT2D eigenvalue weighted by Gasteiger charge is -2.28. The number of benzene rings is 1. The van der Waals surface area contributed by atoms with Crippen molar-refractivity contribution in [3.8, 4) is 5.75 Å². The number of hydrogen-bond acceptors (Lipinski definition) is 4. The Bertz CT molecular complexity index is 707. The van der Waals surface area contributed by atoms with Crippen LogP contribution in [-0.4, -0.2) is 44.7 Å². The minimum absolute atomic E-state index is 0.738. The Kier molecular flexibility index (Phi) is 6.03. The van der Waals surface area contributed by atoms with Gasteiger partial charge in [-0.25, -0.2) is 0 Å². The maximum absolute atomic E-state index is 6.01. The fourth-order valence-electron chi connectivity index (χ4n) is 4.47. The lowest BCUT2D eigenvalue weighted by atomic mass is 9.83. The van der Waals surface area contributed by atoms with E-state index in [0.717, 1.165) is 37.1 Å². The molecule has 1 unspecified atom stereocenters. The van der Waals surface area contributed by atoms with Crippen LogP contribution >= 0.6 is 0 Å². The van der Waals surface area contributed by atoms with Gasteiger partial charge in [-0.3, -0.25) is 0 Å². The van der Waals surface area contributed by atoms with Crippen molar-refractivity contribution in [2.45, 2.75) is 38.5 Å². The third-order valence-corrected chi connectivity index (χ3v) is 6.01. The SMILES string of the molecule is CN(CCCOc1ccc2c(c1)CCC(CN1CCCC1)C2)c1ccco1. The van der Waals surface area contributed by atoms with E-state index in [-0.39, 0.29) is 0 Å². The summed E-state index contributed by atoms with van der Waals surface area (Å²) in [6.45, 7) is 5.58. The molecule has 1 fully saturated rings. The summed E-state index contributed by atoms with van der Waals surface area (Å²) in [6.07, 6.45) is 9.23. The largest absolute Gasteiger partial charge is 0.494 e. The molecular formula is C23H32N2O2. The second-order valence-electron chi connectivity index (χ2n) is 8.12. The highest BCUT2D eigenvalue weighted by Gasteiger charge is 2.22. The van der Waals surface area contributed by atoms with Gasteiger partial charge in [-0.15, -0.1) is 0 Å². The van der Waals surface area contributed by atoms with E-state index in [1.165, 1.54) is 62.9 Å². The normalized spacial score (nSPS) is 19.8. The van der Waals surface area contributed by atoms with E-state index < -0.39 is 0 Å². The summed E-state index contributed by atoms with van der Waals surface area (Å²) in [5, 5.41) is 0. The molecule has 1 aliphatic heterocycles. The molecule has 0 radical (unpaired) electrons. The predicted octanol–water partition coefficient (Wildman–Crippen LogP) is 4.39. The molecule has 1 aromatic carbocycles. The minimum atomic E-state index is 0.738. The molecule has 1 aromatic heterocycles. The molecule has 0 spiro atoms. The quantitative estimate of drug-likeness (QED) is 0.647. The van der Waals surface area contributed by atoms with Gasteiger partial charge in [-0.2, -0.15) is 0 Å². The summed E-state index contributed by atoms with van der Waals surface area (Å²) in [5.74, 6) is 2.76. The van der Waals surface area contributed by atoms with Gasteiger partial charge in [-0.1, -0.05) is 6.07 Å². The van der Waals surface area contributed by atoms with E-state index in [1.54, 1.807) is 6.26 Å². The highest BCUT2D eigenvalue weighted by molar-refractivity contribution is 5.37. The van der Waals surface area contributed by atoms with Crippen LogP contribution in [0.2, 0.25) is 0 Å². The number of fused-ring (bicyclic) bond motifs is 1. The predicted molar refractivity (Wildman–Crippen MR) is 110 cm³/mol. The van der Waals surface area contributed by atoms with E-state index in [0.29, 0.717) is 0 Å². The Morgan fingerprint density at radius 3 is 2.89 bits per heavy atom. The lowest BCUT2D eigenvalue weighted by Crippen LogP contribution is -2.30. The van der Waals surface area contributed by atoms with E-state index in [9.17, 15) is 0 Å². The first-order valence-corrected chi connectivity index (χ1v) is 10.5. The molecule has 4 heteroatoms. The molecule has 1 aliphatic carbocycles. The second kappa shape index (κ2) is 8.83. The number of nitrogens with zero attached hydrogens (tertiary/aromatic N) is 2. The van der Waals surface area contributed by atoms with Crippen LogP contribution in [0.3, 0.4) is 0 Å². The minimum Gasteiger partial charge on any atom is -0.494 e. The molecule has 0 amide bonds. The molecule has 2 aromatic rings. The second-order valence-corrected chi connectivity index (χ2v) is 8.12. The summed E-state index contributed by atoms with van der Waals surface area (Å²) in [5.41, 5.74) is 3.04. The van der Waals surface area contributed by atoms with Crippen molar-refractivity contribution < 1.29 is 9.15 Å². The average Bonchev–Trinajstić information content (AvgIpc) is 3.39. The third kappa shape index (κ3) is 4.86. The number of hydrogen-bond donors (Lipinski definition) is 0. The molecule has 4 nitrogen and oxygen atoms in total. The van der Waals surface area contributed by atoms with Gasteiger partial charge in [0.15, 0.2) is 5.88 Å². The van der Waals surface area contributed by atoms with Crippen LogP contribution in [0.1, 0.15) is 36.8 Å². The molecule has 1 atom stereocenters. The Labute approximate surface area is 163 Å². The molecular weight excluding hydrogens is 336 g/mol. The average molecular weight is 369 g/mol. The highest BCUT2D eigenvalue weighted by Crippen LogP contribution is 2.30. The highest BCUT2D eigenvalue weighted by atomic mass is 16.5. The smallest absolute Gasteiger partial charge is 0.194 e. The van der Waals surface area contributed by atoms with Crippen LogP contribution in [-0.2, 0) is 12.8 Å². The van der Waals surface area contributed by atoms with Crippen LogP contribution < -0.4 is 9.64 Å². The summed E-state index contributed by atoms with van der Waals surface area (Å²) in [7, 11) is 2.05.